The van der Waals surface area contributed by atoms with E-state index < -0.39 is 11.9 Å². The van der Waals surface area contributed by atoms with E-state index in [1.165, 1.54) is 19.2 Å². The van der Waals surface area contributed by atoms with Crippen LogP contribution in [0, 0.1) is 11.7 Å². The molecule has 0 aliphatic heterocycles. The number of ether oxygens (including phenoxy) is 1. The van der Waals surface area contributed by atoms with Crippen LogP contribution in [0.25, 0.3) is 0 Å². The van der Waals surface area contributed by atoms with Crippen LogP contribution in [-0.4, -0.2) is 37.2 Å². The molecular formula is C14H20FNO3. The van der Waals surface area contributed by atoms with Crippen molar-refractivity contribution >= 4 is 5.97 Å². The number of methoxy groups -OCH3 is 1. The second-order valence-corrected chi connectivity index (χ2v) is 4.84. The summed E-state index contributed by atoms with van der Waals surface area (Å²) in [5.41, 5.74) is 0.667. The molecule has 0 heterocycles. The number of benzene rings is 1. The lowest BCUT2D eigenvalue weighted by atomic mass is 9.94. The number of rotatable bonds is 6. The van der Waals surface area contributed by atoms with Crippen molar-refractivity contribution in [1.82, 2.24) is 4.90 Å². The number of hydrogen-bond donors (Lipinski definition) is 1. The van der Waals surface area contributed by atoms with Crippen molar-refractivity contribution in [3.63, 3.8) is 0 Å². The molecule has 0 fully saturated rings. The summed E-state index contributed by atoms with van der Waals surface area (Å²) in [4.78, 5) is 12.9. The number of carbonyl (C=O) groups is 1. The third kappa shape index (κ3) is 3.92. The number of halogens is 1. The molecule has 106 valence electrons. The summed E-state index contributed by atoms with van der Waals surface area (Å²) in [6.07, 6.45) is 0.391. The third-order valence-electron chi connectivity index (χ3n) is 3.17. The van der Waals surface area contributed by atoms with Gasteiger partial charge in [0, 0.05) is 11.6 Å². The average molecular weight is 269 g/mol. The van der Waals surface area contributed by atoms with E-state index in [4.69, 9.17) is 9.84 Å². The predicted octanol–water partition coefficient (Wildman–Crippen LogP) is 2.55. The first-order valence-corrected chi connectivity index (χ1v) is 6.09. The van der Waals surface area contributed by atoms with E-state index in [1.807, 2.05) is 19.0 Å². The molecule has 1 rings (SSSR count). The van der Waals surface area contributed by atoms with Gasteiger partial charge in [0.1, 0.15) is 11.6 Å². The summed E-state index contributed by atoms with van der Waals surface area (Å²) in [5.74, 6) is -1.16. The van der Waals surface area contributed by atoms with Gasteiger partial charge in [-0.3, -0.25) is 4.79 Å². The van der Waals surface area contributed by atoms with E-state index in [9.17, 15) is 9.18 Å². The van der Waals surface area contributed by atoms with Crippen LogP contribution in [0.15, 0.2) is 18.2 Å². The molecule has 4 nitrogen and oxygen atoms in total. The lowest BCUT2D eigenvalue weighted by Crippen LogP contribution is -2.25. The molecule has 0 saturated heterocycles. The lowest BCUT2D eigenvalue weighted by Gasteiger charge is -2.27. The molecule has 1 N–H and O–H groups in total. The Morgan fingerprint density at radius 1 is 1.47 bits per heavy atom. The van der Waals surface area contributed by atoms with Crippen molar-refractivity contribution in [1.29, 1.82) is 0 Å². The highest BCUT2D eigenvalue weighted by atomic mass is 19.1. The Labute approximate surface area is 112 Å². The zero-order chi connectivity index (χ0) is 14.6. The second kappa shape index (κ2) is 6.52. The molecule has 0 saturated carbocycles. The Bertz CT molecular complexity index is 448. The molecule has 0 amide bonds. The van der Waals surface area contributed by atoms with E-state index in [2.05, 4.69) is 0 Å². The minimum absolute atomic E-state index is 0.211. The van der Waals surface area contributed by atoms with Crippen LogP contribution in [0.4, 0.5) is 4.39 Å². The van der Waals surface area contributed by atoms with Crippen LogP contribution in [0.2, 0.25) is 0 Å². The summed E-state index contributed by atoms with van der Waals surface area (Å²) in [5, 5.41) is 9.02. The predicted molar refractivity (Wildman–Crippen MR) is 70.8 cm³/mol. The molecular weight excluding hydrogens is 249 g/mol. The van der Waals surface area contributed by atoms with Gasteiger partial charge in [0.15, 0.2) is 0 Å². The first-order valence-electron chi connectivity index (χ1n) is 6.09. The van der Waals surface area contributed by atoms with Gasteiger partial charge < -0.3 is 14.7 Å². The Morgan fingerprint density at radius 3 is 2.58 bits per heavy atom. The molecule has 2 unspecified atom stereocenters. The van der Waals surface area contributed by atoms with Crippen molar-refractivity contribution in [2.24, 2.45) is 5.92 Å². The van der Waals surface area contributed by atoms with Gasteiger partial charge in [-0.15, -0.1) is 0 Å². The standard InChI is InChI=1S/C14H20FNO3/c1-9(14(17)18)7-12(16(2)3)11-8-10(15)5-6-13(11)19-4/h5-6,8-9,12H,7H2,1-4H3,(H,17,18). The fourth-order valence-electron chi connectivity index (χ4n) is 2.02. The monoisotopic (exact) mass is 269 g/mol. The highest BCUT2D eigenvalue weighted by Crippen LogP contribution is 2.33. The van der Waals surface area contributed by atoms with Crippen molar-refractivity contribution in [2.75, 3.05) is 21.2 Å². The van der Waals surface area contributed by atoms with Gasteiger partial charge in [-0.05, 0) is 38.7 Å². The van der Waals surface area contributed by atoms with Gasteiger partial charge in [-0.2, -0.15) is 0 Å². The number of nitrogens with zero attached hydrogens (tertiary/aromatic N) is 1. The van der Waals surface area contributed by atoms with Crippen LogP contribution in [0.1, 0.15) is 24.9 Å². The van der Waals surface area contributed by atoms with Crippen molar-refractivity contribution in [3.8, 4) is 5.75 Å². The van der Waals surface area contributed by atoms with E-state index >= 15 is 0 Å². The van der Waals surface area contributed by atoms with E-state index in [1.54, 1.807) is 13.0 Å². The smallest absolute Gasteiger partial charge is 0.306 e. The fourth-order valence-corrected chi connectivity index (χ4v) is 2.02. The topological polar surface area (TPSA) is 49.8 Å². The maximum atomic E-state index is 13.4. The number of aliphatic carboxylic acids is 1. The molecule has 1 aromatic carbocycles. The van der Waals surface area contributed by atoms with Gasteiger partial charge in [-0.1, -0.05) is 6.92 Å². The second-order valence-electron chi connectivity index (χ2n) is 4.84. The summed E-state index contributed by atoms with van der Waals surface area (Å²) < 4.78 is 18.6. The molecule has 0 bridgehead atoms. The van der Waals surface area contributed by atoms with E-state index in [0.717, 1.165) is 0 Å². The van der Waals surface area contributed by atoms with Gasteiger partial charge in [0.2, 0.25) is 0 Å². The molecule has 19 heavy (non-hydrogen) atoms. The molecule has 1 aromatic rings. The van der Waals surface area contributed by atoms with Crippen molar-refractivity contribution in [3.05, 3.63) is 29.6 Å². The molecule has 0 spiro atoms. The molecule has 0 aliphatic rings. The normalized spacial score (nSPS) is 14.2. The van der Waals surface area contributed by atoms with E-state index in [0.29, 0.717) is 17.7 Å². The first kappa shape index (κ1) is 15.4. The van der Waals surface area contributed by atoms with Crippen LogP contribution in [0.5, 0.6) is 5.75 Å². The Kier molecular flexibility index (Phi) is 5.30. The summed E-state index contributed by atoms with van der Waals surface area (Å²) in [7, 11) is 5.19. The fraction of sp³-hybridized carbons (Fsp3) is 0.500. The van der Waals surface area contributed by atoms with Gasteiger partial charge >= 0.3 is 5.97 Å². The number of carboxylic acids is 1. The van der Waals surface area contributed by atoms with Crippen molar-refractivity contribution in [2.45, 2.75) is 19.4 Å². The molecule has 5 heteroatoms. The highest BCUT2D eigenvalue weighted by molar-refractivity contribution is 5.69. The Morgan fingerprint density at radius 2 is 2.11 bits per heavy atom. The zero-order valence-corrected chi connectivity index (χ0v) is 11.7. The minimum Gasteiger partial charge on any atom is -0.496 e. The quantitative estimate of drug-likeness (QED) is 0.862. The largest absolute Gasteiger partial charge is 0.496 e. The average Bonchev–Trinajstić information content (AvgIpc) is 2.34. The number of carboxylic acid groups (broad SMARTS) is 1. The molecule has 0 radical (unpaired) electrons. The SMILES string of the molecule is COc1ccc(F)cc1C(CC(C)C(=O)O)N(C)C. The summed E-state index contributed by atoms with van der Waals surface area (Å²) in [6.45, 7) is 1.64. The van der Waals surface area contributed by atoms with Crippen LogP contribution >= 0.6 is 0 Å². The maximum absolute atomic E-state index is 13.4. The first-order chi connectivity index (χ1) is 8.86. The molecule has 0 aliphatic carbocycles. The Hall–Kier alpha value is -1.62. The van der Waals surface area contributed by atoms with Crippen molar-refractivity contribution < 1.29 is 19.0 Å². The third-order valence-corrected chi connectivity index (χ3v) is 3.17. The van der Waals surface area contributed by atoms with Crippen LogP contribution in [0.3, 0.4) is 0 Å². The van der Waals surface area contributed by atoms with Gasteiger partial charge in [-0.25, -0.2) is 4.39 Å². The van der Waals surface area contributed by atoms with Gasteiger partial charge in [0.25, 0.3) is 0 Å². The Balaban J connectivity index is 3.11. The number of hydrogen-bond acceptors (Lipinski definition) is 3. The zero-order valence-electron chi connectivity index (χ0n) is 11.7. The summed E-state index contributed by atoms with van der Waals surface area (Å²) >= 11 is 0. The molecule has 0 aromatic heterocycles. The van der Waals surface area contributed by atoms with Gasteiger partial charge in [0.05, 0.1) is 13.0 Å². The summed E-state index contributed by atoms with van der Waals surface area (Å²) in [6, 6.07) is 4.08. The maximum Gasteiger partial charge on any atom is 0.306 e. The van der Waals surface area contributed by atoms with Crippen LogP contribution < -0.4 is 4.74 Å². The van der Waals surface area contributed by atoms with Crippen LogP contribution in [-0.2, 0) is 4.79 Å². The van der Waals surface area contributed by atoms with E-state index in [-0.39, 0.29) is 11.9 Å². The lowest BCUT2D eigenvalue weighted by molar-refractivity contribution is -0.141. The highest BCUT2D eigenvalue weighted by Gasteiger charge is 2.24. The molecule has 2 atom stereocenters. The minimum atomic E-state index is -0.859.